The Bertz CT molecular complexity index is 801. The van der Waals surface area contributed by atoms with Gasteiger partial charge in [-0.15, -0.1) is 0 Å². The molecule has 0 aliphatic carbocycles. The van der Waals surface area contributed by atoms with Crippen LogP contribution >= 0.6 is 0 Å². The Kier molecular flexibility index (Phi) is 4.16. The van der Waals surface area contributed by atoms with Crippen molar-refractivity contribution < 1.29 is 12.8 Å². The van der Waals surface area contributed by atoms with Crippen LogP contribution in [-0.4, -0.2) is 19.8 Å². The van der Waals surface area contributed by atoms with Gasteiger partial charge in [0.05, 0.1) is 22.8 Å². The van der Waals surface area contributed by atoms with Gasteiger partial charge in [0.15, 0.2) is 0 Å². The minimum Gasteiger partial charge on any atom is -0.469 e. The quantitative estimate of drug-likeness (QED) is 0.870. The highest BCUT2D eigenvalue weighted by atomic mass is 32.2. The van der Waals surface area contributed by atoms with Gasteiger partial charge in [-0.2, -0.15) is 9.57 Å². The number of nitriles is 1. The second kappa shape index (κ2) is 5.72. The first-order valence-corrected chi connectivity index (χ1v) is 7.80. The Labute approximate surface area is 124 Å². The van der Waals surface area contributed by atoms with E-state index in [1.807, 2.05) is 6.07 Å². The third kappa shape index (κ3) is 2.99. The molecule has 0 spiro atoms. The number of hydrogen-bond donors (Lipinski definition) is 0. The van der Waals surface area contributed by atoms with Gasteiger partial charge in [0.1, 0.15) is 5.76 Å². The van der Waals surface area contributed by atoms with Crippen molar-refractivity contribution in [3.8, 4) is 6.07 Å². The molecule has 0 aliphatic heterocycles. The summed E-state index contributed by atoms with van der Waals surface area (Å²) >= 11 is 0. The van der Waals surface area contributed by atoms with Crippen molar-refractivity contribution in [1.82, 2.24) is 4.31 Å². The lowest BCUT2D eigenvalue weighted by molar-refractivity contribution is 0.458. The number of rotatable bonds is 4. The number of furan rings is 1. The van der Waals surface area contributed by atoms with Crippen molar-refractivity contribution in [2.45, 2.75) is 25.3 Å². The van der Waals surface area contributed by atoms with Crippen LogP contribution in [0.5, 0.6) is 0 Å². The molecule has 0 N–H and O–H groups in total. The Morgan fingerprint density at radius 1 is 1.29 bits per heavy atom. The first-order valence-electron chi connectivity index (χ1n) is 6.36. The average Bonchev–Trinajstić information content (AvgIpc) is 2.84. The molecular formula is C15H16N2O3S. The van der Waals surface area contributed by atoms with Crippen LogP contribution in [0.25, 0.3) is 0 Å². The Morgan fingerprint density at radius 3 is 2.57 bits per heavy atom. The van der Waals surface area contributed by atoms with E-state index < -0.39 is 10.0 Å². The molecule has 1 aromatic heterocycles. The molecule has 6 heteroatoms. The molecule has 0 amide bonds. The summed E-state index contributed by atoms with van der Waals surface area (Å²) in [6.45, 7) is 3.73. The van der Waals surface area contributed by atoms with Crippen LogP contribution in [0.4, 0.5) is 0 Å². The summed E-state index contributed by atoms with van der Waals surface area (Å²) in [5.41, 5.74) is 1.76. The molecule has 0 fully saturated rings. The highest BCUT2D eigenvalue weighted by Gasteiger charge is 2.24. The molecule has 0 atom stereocenters. The number of nitrogens with zero attached hydrogens (tertiary/aromatic N) is 2. The number of benzene rings is 1. The average molecular weight is 304 g/mol. The molecule has 0 aliphatic rings. The van der Waals surface area contributed by atoms with Crippen molar-refractivity contribution >= 4 is 10.0 Å². The van der Waals surface area contributed by atoms with E-state index in [0.29, 0.717) is 16.9 Å². The Hall–Kier alpha value is -2.10. The minimum atomic E-state index is -3.65. The van der Waals surface area contributed by atoms with Crippen LogP contribution in [0.1, 0.15) is 22.5 Å². The van der Waals surface area contributed by atoms with E-state index in [2.05, 4.69) is 0 Å². The van der Waals surface area contributed by atoms with Crippen molar-refractivity contribution in [3.63, 3.8) is 0 Å². The fourth-order valence-corrected chi connectivity index (χ4v) is 3.41. The number of hydrogen-bond acceptors (Lipinski definition) is 4. The van der Waals surface area contributed by atoms with Gasteiger partial charge in [-0.05, 0) is 37.6 Å². The van der Waals surface area contributed by atoms with Gasteiger partial charge in [-0.25, -0.2) is 8.42 Å². The molecule has 2 rings (SSSR count). The summed E-state index contributed by atoms with van der Waals surface area (Å²) in [7, 11) is -2.14. The van der Waals surface area contributed by atoms with Gasteiger partial charge in [0.25, 0.3) is 0 Å². The normalized spacial score (nSPS) is 11.6. The van der Waals surface area contributed by atoms with Gasteiger partial charge in [0.2, 0.25) is 10.0 Å². The predicted octanol–water partition coefficient (Wildman–Crippen LogP) is 2.59. The molecule has 0 saturated heterocycles. The zero-order valence-corrected chi connectivity index (χ0v) is 12.9. The number of aryl methyl sites for hydroxylation is 2. The molecule has 0 unspecified atom stereocenters. The highest BCUT2D eigenvalue weighted by molar-refractivity contribution is 7.89. The summed E-state index contributed by atoms with van der Waals surface area (Å²) in [5, 5.41) is 8.93. The summed E-state index contributed by atoms with van der Waals surface area (Å²) in [6.07, 6.45) is 1.53. The van der Waals surface area contributed by atoms with E-state index in [1.54, 1.807) is 32.0 Å². The topological polar surface area (TPSA) is 74.3 Å². The van der Waals surface area contributed by atoms with Crippen molar-refractivity contribution in [2.24, 2.45) is 0 Å². The lowest BCUT2D eigenvalue weighted by atomic mass is 10.2. The van der Waals surface area contributed by atoms with E-state index in [0.717, 1.165) is 5.56 Å². The maximum Gasteiger partial charge on any atom is 0.243 e. The number of sulfonamides is 1. The van der Waals surface area contributed by atoms with Crippen molar-refractivity contribution in [3.05, 3.63) is 53.0 Å². The summed E-state index contributed by atoms with van der Waals surface area (Å²) in [6, 6.07) is 8.37. The maximum absolute atomic E-state index is 12.6. The molecule has 0 saturated carbocycles. The van der Waals surface area contributed by atoms with Gasteiger partial charge in [-0.3, -0.25) is 0 Å². The van der Waals surface area contributed by atoms with E-state index in [9.17, 15) is 8.42 Å². The second-order valence-electron chi connectivity index (χ2n) is 4.86. The Morgan fingerprint density at radius 2 is 2.00 bits per heavy atom. The van der Waals surface area contributed by atoms with E-state index in [1.165, 1.54) is 23.7 Å². The van der Waals surface area contributed by atoms with Crippen molar-refractivity contribution in [1.29, 1.82) is 5.26 Å². The first-order chi connectivity index (χ1) is 9.86. The largest absolute Gasteiger partial charge is 0.469 e. The predicted molar refractivity (Wildman–Crippen MR) is 78.0 cm³/mol. The minimum absolute atomic E-state index is 0.158. The Balaban J connectivity index is 2.38. The lowest BCUT2D eigenvalue weighted by Gasteiger charge is -2.18. The van der Waals surface area contributed by atoms with Crippen LogP contribution in [-0.2, 0) is 16.6 Å². The molecule has 0 bridgehead atoms. The molecule has 1 aromatic carbocycles. The molecule has 2 aromatic rings. The van der Waals surface area contributed by atoms with Crippen LogP contribution in [0.2, 0.25) is 0 Å². The van der Waals surface area contributed by atoms with Gasteiger partial charge < -0.3 is 4.42 Å². The van der Waals surface area contributed by atoms with Crippen LogP contribution < -0.4 is 0 Å². The van der Waals surface area contributed by atoms with Crippen LogP contribution in [0.15, 0.2) is 39.8 Å². The molecule has 0 radical (unpaired) electrons. The third-order valence-electron chi connectivity index (χ3n) is 3.36. The summed E-state index contributed by atoms with van der Waals surface area (Å²) < 4.78 is 31.7. The van der Waals surface area contributed by atoms with E-state index in [-0.39, 0.29) is 11.4 Å². The van der Waals surface area contributed by atoms with E-state index in [4.69, 9.17) is 9.68 Å². The standard InChI is InChI=1S/C15H16N2O3S/c1-11-4-5-13(9-16)8-15(11)21(18,19)17(3)10-14-6-7-20-12(14)2/h4-8H,10H2,1-3H3. The van der Waals surface area contributed by atoms with Crippen LogP contribution in [0.3, 0.4) is 0 Å². The fourth-order valence-electron chi connectivity index (χ4n) is 2.02. The maximum atomic E-state index is 12.6. The molecule has 5 nitrogen and oxygen atoms in total. The lowest BCUT2D eigenvalue weighted by Crippen LogP contribution is -2.27. The monoisotopic (exact) mass is 304 g/mol. The zero-order valence-electron chi connectivity index (χ0n) is 12.1. The summed E-state index contributed by atoms with van der Waals surface area (Å²) in [4.78, 5) is 0.158. The molecule has 1 heterocycles. The molecule has 21 heavy (non-hydrogen) atoms. The van der Waals surface area contributed by atoms with Crippen LogP contribution in [0, 0.1) is 25.2 Å². The second-order valence-corrected chi connectivity index (χ2v) is 6.87. The van der Waals surface area contributed by atoms with Gasteiger partial charge >= 0.3 is 0 Å². The van der Waals surface area contributed by atoms with E-state index >= 15 is 0 Å². The first kappa shape index (κ1) is 15.3. The zero-order chi connectivity index (χ0) is 15.6. The smallest absolute Gasteiger partial charge is 0.243 e. The third-order valence-corrected chi connectivity index (χ3v) is 5.31. The van der Waals surface area contributed by atoms with Gasteiger partial charge in [-0.1, -0.05) is 6.07 Å². The SMILES string of the molecule is Cc1ccc(C#N)cc1S(=O)(=O)N(C)Cc1ccoc1C. The highest BCUT2D eigenvalue weighted by Crippen LogP contribution is 2.22. The summed E-state index contributed by atoms with van der Waals surface area (Å²) in [5.74, 6) is 0.694. The van der Waals surface area contributed by atoms with Gasteiger partial charge in [0, 0.05) is 19.2 Å². The fraction of sp³-hybridized carbons (Fsp3) is 0.267. The molecular weight excluding hydrogens is 288 g/mol. The van der Waals surface area contributed by atoms with Crippen molar-refractivity contribution in [2.75, 3.05) is 7.05 Å². The molecule has 110 valence electrons.